The maximum absolute atomic E-state index is 11.7. The minimum atomic E-state index is -0.157. The molecule has 1 atom stereocenters. The Hall–Kier alpha value is -3.61. The highest BCUT2D eigenvalue weighted by Crippen LogP contribution is 2.35. The quantitative estimate of drug-likeness (QED) is 0.287. The number of benzene rings is 2. The topological polar surface area (TPSA) is 80.2 Å². The zero-order valence-electron chi connectivity index (χ0n) is 19.4. The number of hydrogen-bond acceptors (Lipinski definition) is 6. The number of carbonyl (C=O) groups is 2. The van der Waals surface area contributed by atoms with Gasteiger partial charge in [0, 0.05) is 44.1 Å². The molecule has 7 nitrogen and oxygen atoms in total. The summed E-state index contributed by atoms with van der Waals surface area (Å²) in [6, 6.07) is 11.7. The molecule has 33 heavy (non-hydrogen) atoms. The summed E-state index contributed by atoms with van der Waals surface area (Å²) in [7, 11) is 3.49. The molecule has 0 aromatic heterocycles. The van der Waals surface area contributed by atoms with Crippen LogP contribution in [0.3, 0.4) is 0 Å². The molecule has 0 spiro atoms. The van der Waals surface area contributed by atoms with Crippen LogP contribution in [-0.4, -0.2) is 50.6 Å². The van der Waals surface area contributed by atoms with E-state index in [1.807, 2.05) is 62.8 Å². The number of methoxy groups -OCH3 is 1. The van der Waals surface area contributed by atoms with Crippen molar-refractivity contribution in [3.05, 3.63) is 53.7 Å². The van der Waals surface area contributed by atoms with Gasteiger partial charge in [-0.25, -0.2) is 0 Å². The Labute approximate surface area is 195 Å². The van der Waals surface area contributed by atoms with Gasteiger partial charge in [-0.2, -0.15) is 0 Å². The summed E-state index contributed by atoms with van der Waals surface area (Å²) in [6.45, 7) is 2.46. The molecule has 1 heterocycles. The van der Waals surface area contributed by atoms with E-state index in [0.717, 1.165) is 53.6 Å². The van der Waals surface area contributed by atoms with E-state index >= 15 is 0 Å². The average Bonchev–Trinajstić information content (AvgIpc) is 3.27. The number of aliphatic imine (C=N–C) groups is 1. The highest BCUT2D eigenvalue weighted by Gasteiger charge is 2.23. The lowest BCUT2D eigenvalue weighted by atomic mass is 10.0. The third-order valence-electron chi connectivity index (χ3n) is 5.62. The largest absolute Gasteiger partial charge is 0.493 e. The van der Waals surface area contributed by atoms with Gasteiger partial charge in [-0.3, -0.25) is 9.79 Å². The molecule has 0 aliphatic carbocycles. The Bertz CT molecular complexity index is 1010. The number of unbranched alkanes of at least 4 members (excludes halogenated alkanes) is 2. The molecular weight excluding hydrogens is 418 g/mol. The van der Waals surface area contributed by atoms with E-state index < -0.39 is 0 Å². The summed E-state index contributed by atoms with van der Waals surface area (Å²) in [4.78, 5) is 28.5. The fraction of sp³-hybridized carbons (Fsp3) is 0.346. The SMILES string of the molecule is CNc1ccc(C2=CN(C=O)C(C=Nc3cc(OCCCCC=O)c(OC)cc3C)C2)cc1. The monoisotopic (exact) mass is 449 g/mol. The Morgan fingerprint density at radius 3 is 2.61 bits per heavy atom. The van der Waals surface area contributed by atoms with E-state index in [1.165, 1.54) is 0 Å². The van der Waals surface area contributed by atoms with E-state index in [1.54, 1.807) is 12.0 Å². The van der Waals surface area contributed by atoms with Crippen molar-refractivity contribution in [1.82, 2.24) is 4.90 Å². The van der Waals surface area contributed by atoms with E-state index in [2.05, 4.69) is 10.3 Å². The van der Waals surface area contributed by atoms with Gasteiger partial charge in [-0.1, -0.05) is 12.1 Å². The molecule has 0 saturated carbocycles. The van der Waals surface area contributed by atoms with Crippen LogP contribution in [0, 0.1) is 6.92 Å². The first-order valence-electron chi connectivity index (χ1n) is 11.1. The highest BCUT2D eigenvalue weighted by molar-refractivity contribution is 5.82. The normalized spacial score (nSPS) is 15.4. The van der Waals surface area contributed by atoms with Crippen molar-refractivity contribution in [1.29, 1.82) is 0 Å². The standard InChI is InChI=1S/C26H31N3O4/c1-19-13-25(32-3)26(33-12-6-4-5-11-30)15-24(19)28-16-23-14-21(17-29(23)18-31)20-7-9-22(27-2)10-8-20/h7-11,13,15-18,23,27H,4-6,12,14H2,1-3H3. The summed E-state index contributed by atoms with van der Waals surface area (Å²) in [5.74, 6) is 1.26. The molecule has 2 aromatic rings. The number of hydrogen-bond donors (Lipinski definition) is 1. The van der Waals surface area contributed by atoms with Crippen molar-refractivity contribution in [2.75, 3.05) is 26.1 Å². The minimum Gasteiger partial charge on any atom is -0.493 e. The van der Waals surface area contributed by atoms with Gasteiger partial charge in [0.25, 0.3) is 0 Å². The Kier molecular flexibility index (Phi) is 8.63. The van der Waals surface area contributed by atoms with Crippen LogP contribution in [0.4, 0.5) is 11.4 Å². The molecular formula is C26H31N3O4. The maximum atomic E-state index is 11.7. The van der Waals surface area contributed by atoms with Crippen LogP contribution in [0.1, 0.15) is 36.8 Å². The first-order valence-corrected chi connectivity index (χ1v) is 11.1. The molecule has 1 unspecified atom stereocenters. The molecule has 0 radical (unpaired) electrons. The summed E-state index contributed by atoms with van der Waals surface area (Å²) in [5, 5.41) is 3.11. The first-order chi connectivity index (χ1) is 16.1. The number of rotatable bonds is 12. The zero-order chi connectivity index (χ0) is 23.6. The number of aldehydes is 1. The number of anilines is 1. The lowest BCUT2D eigenvalue weighted by Crippen LogP contribution is -2.26. The van der Waals surface area contributed by atoms with E-state index in [0.29, 0.717) is 30.9 Å². The lowest BCUT2D eigenvalue weighted by Gasteiger charge is -2.15. The molecule has 1 amide bonds. The molecule has 2 aromatic carbocycles. The Morgan fingerprint density at radius 2 is 1.94 bits per heavy atom. The van der Waals surface area contributed by atoms with Gasteiger partial charge in [-0.15, -0.1) is 0 Å². The third kappa shape index (κ3) is 6.22. The molecule has 0 fully saturated rings. The predicted octanol–water partition coefficient (Wildman–Crippen LogP) is 4.77. The molecule has 1 aliphatic heterocycles. The number of amides is 1. The van der Waals surface area contributed by atoms with Crippen molar-refractivity contribution < 1.29 is 19.1 Å². The second-order valence-corrected chi connectivity index (χ2v) is 7.88. The smallest absolute Gasteiger partial charge is 0.214 e. The summed E-state index contributed by atoms with van der Waals surface area (Å²) < 4.78 is 11.3. The Morgan fingerprint density at radius 1 is 1.15 bits per heavy atom. The van der Waals surface area contributed by atoms with Gasteiger partial charge >= 0.3 is 0 Å². The van der Waals surface area contributed by atoms with Crippen LogP contribution in [0.15, 0.2) is 47.6 Å². The molecule has 0 saturated heterocycles. The molecule has 3 rings (SSSR count). The Balaban J connectivity index is 1.72. The second-order valence-electron chi connectivity index (χ2n) is 7.88. The van der Waals surface area contributed by atoms with Crippen molar-refractivity contribution >= 4 is 35.9 Å². The van der Waals surface area contributed by atoms with Crippen molar-refractivity contribution in [3.8, 4) is 11.5 Å². The maximum Gasteiger partial charge on any atom is 0.214 e. The minimum absolute atomic E-state index is 0.157. The van der Waals surface area contributed by atoms with Gasteiger partial charge in [0.05, 0.1) is 25.4 Å². The molecule has 7 heteroatoms. The number of nitrogens with zero attached hydrogens (tertiary/aromatic N) is 2. The first kappa shape index (κ1) is 24.0. The molecule has 0 bridgehead atoms. The number of aryl methyl sites for hydroxylation is 1. The predicted molar refractivity (Wildman–Crippen MR) is 132 cm³/mol. The van der Waals surface area contributed by atoms with Crippen LogP contribution < -0.4 is 14.8 Å². The van der Waals surface area contributed by atoms with E-state index in [-0.39, 0.29) is 6.04 Å². The van der Waals surface area contributed by atoms with Crippen molar-refractivity contribution in [2.24, 2.45) is 4.99 Å². The van der Waals surface area contributed by atoms with Gasteiger partial charge in [0.1, 0.15) is 6.29 Å². The zero-order valence-corrected chi connectivity index (χ0v) is 19.4. The van der Waals surface area contributed by atoms with Crippen LogP contribution in [-0.2, 0) is 9.59 Å². The van der Waals surface area contributed by atoms with Crippen LogP contribution in [0.5, 0.6) is 11.5 Å². The number of nitrogens with one attached hydrogen (secondary N) is 1. The highest BCUT2D eigenvalue weighted by atomic mass is 16.5. The lowest BCUT2D eigenvalue weighted by molar-refractivity contribution is -0.116. The van der Waals surface area contributed by atoms with Crippen molar-refractivity contribution in [2.45, 2.75) is 38.6 Å². The second kappa shape index (κ2) is 11.9. The average molecular weight is 450 g/mol. The van der Waals surface area contributed by atoms with E-state index in [9.17, 15) is 9.59 Å². The van der Waals surface area contributed by atoms with Crippen LogP contribution in [0.2, 0.25) is 0 Å². The number of ether oxygens (including phenoxy) is 2. The summed E-state index contributed by atoms with van der Waals surface area (Å²) >= 11 is 0. The summed E-state index contributed by atoms with van der Waals surface area (Å²) in [5.41, 5.74) is 4.92. The van der Waals surface area contributed by atoms with Gasteiger partial charge in [-0.05, 0) is 54.7 Å². The van der Waals surface area contributed by atoms with Crippen LogP contribution >= 0.6 is 0 Å². The third-order valence-corrected chi connectivity index (χ3v) is 5.62. The molecule has 1 aliphatic rings. The van der Waals surface area contributed by atoms with Gasteiger partial charge < -0.3 is 24.5 Å². The van der Waals surface area contributed by atoms with Crippen molar-refractivity contribution in [3.63, 3.8) is 0 Å². The van der Waals surface area contributed by atoms with Gasteiger partial charge in [0.15, 0.2) is 11.5 Å². The molecule has 174 valence electrons. The summed E-state index contributed by atoms with van der Waals surface area (Å²) in [6.07, 6.45) is 8.25. The van der Waals surface area contributed by atoms with E-state index in [4.69, 9.17) is 9.47 Å². The van der Waals surface area contributed by atoms with Gasteiger partial charge in [0.2, 0.25) is 6.41 Å². The number of carbonyl (C=O) groups excluding carboxylic acids is 2. The fourth-order valence-electron chi connectivity index (χ4n) is 3.68. The fourth-order valence-corrected chi connectivity index (χ4v) is 3.68. The van der Waals surface area contributed by atoms with Crippen LogP contribution in [0.25, 0.3) is 5.57 Å². The molecule has 1 N–H and O–H groups in total.